The molecule has 1 aromatic heterocycles. The van der Waals surface area contributed by atoms with Gasteiger partial charge in [-0.15, -0.1) is 0 Å². The number of carbonyl (C=O) groups is 2. The van der Waals surface area contributed by atoms with E-state index in [-0.39, 0.29) is 30.0 Å². The van der Waals surface area contributed by atoms with Gasteiger partial charge >= 0.3 is 0 Å². The van der Waals surface area contributed by atoms with Crippen LogP contribution in [0.15, 0.2) is 47.6 Å². The van der Waals surface area contributed by atoms with E-state index in [1.807, 2.05) is 56.3 Å². The standard InChI is InChI=1S/C21H22N4O3S/c1-3-28-14-8-9-15-17(11-14)24-21(23-15)29-12-20(27)25-13(2)10-19(26)22-16-6-4-5-7-18(16)25/h4-9,11,13H,3,10,12H2,1-2H3,(H,22,26)(H,23,24)/t13-/m1/s1. The van der Waals surface area contributed by atoms with Gasteiger partial charge in [-0.3, -0.25) is 9.59 Å². The molecule has 4 rings (SSSR count). The zero-order chi connectivity index (χ0) is 20.4. The second kappa shape index (κ2) is 8.16. The number of hydrogen-bond acceptors (Lipinski definition) is 5. The first-order chi connectivity index (χ1) is 14.0. The van der Waals surface area contributed by atoms with Crippen molar-refractivity contribution in [2.45, 2.75) is 31.5 Å². The van der Waals surface area contributed by atoms with E-state index in [0.717, 1.165) is 22.5 Å². The smallest absolute Gasteiger partial charge is 0.237 e. The van der Waals surface area contributed by atoms with Crippen LogP contribution in [0.4, 0.5) is 11.4 Å². The van der Waals surface area contributed by atoms with Gasteiger partial charge in [0.1, 0.15) is 5.75 Å². The molecule has 0 aliphatic carbocycles. The maximum atomic E-state index is 13.1. The Bertz CT molecular complexity index is 1070. The minimum atomic E-state index is -0.226. The number of thioether (sulfide) groups is 1. The lowest BCUT2D eigenvalue weighted by molar-refractivity contribution is -0.117. The lowest BCUT2D eigenvalue weighted by atomic mass is 10.2. The number of para-hydroxylation sites is 2. The van der Waals surface area contributed by atoms with Crippen molar-refractivity contribution in [3.05, 3.63) is 42.5 Å². The van der Waals surface area contributed by atoms with E-state index in [2.05, 4.69) is 15.3 Å². The third-order valence-corrected chi connectivity index (χ3v) is 5.56. The summed E-state index contributed by atoms with van der Waals surface area (Å²) in [4.78, 5) is 34.6. The van der Waals surface area contributed by atoms with Crippen molar-refractivity contribution in [2.75, 3.05) is 22.6 Å². The number of aromatic amines is 1. The molecule has 150 valence electrons. The SMILES string of the molecule is CCOc1ccc2nc(SCC(=O)N3c4ccccc4NC(=O)C[C@H]3C)[nH]c2c1. The number of nitrogens with zero attached hydrogens (tertiary/aromatic N) is 2. The summed E-state index contributed by atoms with van der Waals surface area (Å²) in [5.41, 5.74) is 3.08. The van der Waals surface area contributed by atoms with Crippen LogP contribution in [0.1, 0.15) is 20.3 Å². The Labute approximate surface area is 172 Å². The minimum absolute atomic E-state index is 0.0677. The Morgan fingerprint density at radius 2 is 2.14 bits per heavy atom. The first-order valence-corrected chi connectivity index (χ1v) is 10.5. The van der Waals surface area contributed by atoms with Gasteiger partial charge in [0.15, 0.2) is 5.16 Å². The summed E-state index contributed by atoms with van der Waals surface area (Å²) in [6.07, 6.45) is 0.260. The van der Waals surface area contributed by atoms with Crippen molar-refractivity contribution >= 4 is 46.0 Å². The van der Waals surface area contributed by atoms with Crippen molar-refractivity contribution in [2.24, 2.45) is 0 Å². The summed E-state index contributed by atoms with van der Waals surface area (Å²) in [6.45, 7) is 4.43. The van der Waals surface area contributed by atoms with Gasteiger partial charge in [0.2, 0.25) is 11.8 Å². The number of carbonyl (C=O) groups excluding carboxylic acids is 2. The third kappa shape index (κ3) is 4.07. The summed E-state index contributed by atoms with van der Waals surface area (Å²) in [7, 11) is 0. The van der Waals surface area contributed by atoms with Crippen LogP contribution in [0.5, 0.6) is 5.75 Å². The van der Waals surface area contributed by atoms with Crippen molar-refractivity contribution in [1.29, 1.82) is 0 Å². The van der Waals surface area contributed by atoms with Gasteiger partial charge in [0.05, 0.1) is 34.8 Å². The number of aromatic nitrogens is 2. The Morgan fingerprint density at radius 1 is 1.31 bits per heavy atom. The van der Waals surface area contributed by atoms with E-state index in [4.69, 9.17) is 4.74 Å². The summed E-state index contributed by atoms with van der Waals surface area (Å²) in [6, 6.07) is 12.8. The minimum Gasteiger partial charge on any atom is -0.494 e. The fourth-order valence-electron chi connectivity index (χ4n) is 3.46. The first-order valence-electron chi connectivity index (χ1n) is 9.51. The molecule has 7 nitrogen and oxygen atoms in total. The van der Waals surface area contributed by atoms with Gasteiger partial charge in [0, 0.05) is 18.5 Å². The number of imidazole rings is 1. The molecule has 1 aliphatic heterocycles. The average Bonchev–Trinajstić information content (AvgIpc) is 3.04. The number of hydrogen-bond donors (Lipinski definition) is 2. The highest BCUT2D eigenvalue weighted by atomic mass is 32.2. The zero-order valence-corrected chi connectivity index (χ0v) is 17.1. The normalized spacial score (nSPS) is 16.3. The van der Waals surface area contributed by atoms with Gasteiger partial charge in [-0.05, 0) is 38.1 Å². The van der Waals surface area contributed by atoms with Crippen LogP contribution in [0.3, 0.4) is 0 Å². The molecule has 2 heterocycles. The number of H-pyrrole nitrogens is 1. The van der Waals surface area contributed by atoms with E-state index in [0.29, 0.717) is 17.5 Å². The highest BCUT2D eigenvalue weighted by Crippen LogP contribution is 2.32. The summed E-state index contributed by atoms with van der Waals surface area (Å²) in [5.74, 6) is 0.839. The molecule has 29 heavy (non-hydrogen) atoms. The highest BCUT2D eigenvalue weighted by Gasteiger charge is 2.29. The Hall–Kier alpha value is -3.00. The number of amides is 2. The van der Waals surface area contributed by atoms with Gasteiger partial charge in [0.25, 0.3) is 0 Å². The van der Waals surface area contributed by atoms with Gasteiger partial charge in [-0.2, -0.15) is 0 Å². The Morgan fingerprint density at radius 3 is 2.97 bits per heavy atom. The predicted molar refractivity (Wildman–Crippen MR) is 115 cm³/mol. The molecule has 2 amide bonds. The molecule has 0 saturated heterocycles. The number of fused-ring (bicyclic) bond motifs is 2. The van der Waals surface area contributed by atoms with Crippen LogP contribution in [-0.4, -0.2) is 40.2 Å². The van der Waals surface area contributed by atoms with Gasteiger partial charge in [-0.1, -0.05) is 23.9 Å². The molecule has 2 aromatic carbocycles. The molecule has 0 saturated carbocycles. The maximum Gasteiger partial charge on any atom is 0.237 e. The van der Waals surface area contributed by atoms with Gasteiger partial charge in [-0.25, -0.2) is 4.98 Å². The largest absolute Gasteiger partial charge is 0.494 e. The molecule has 0 bridgehead atoms. The average molecular weight is 410 g/mol. The number of ether oxygens (including phenoxy) is 1. The topological polar surface area (TPSA) is 87.3 Å². The molecule has 3 aromatic rings. The van der Waals surface area contributed by atoms with Crippen molar-refractivity contribution in [1.82, 2.24) is 9.97 Å². The summed E-state index contributed by atoms with van der Waals surface area (Å²) >= 11 is 1.35. The van der Waals surface area contributed by atoms with Crippen LogP contribution >= 0.6 is 11.8 Å². The number of rotatable bonds is 5. The fraction of sp³-hybridized carbons (Fsp3) is 0.286. The van der Waals surface area contributed by atoms with Crippen molar-refractivity contribution < 1.29 is 14.3 Å². The summed E-state index contributed by atoms with van der Waals surface area (Å²) < 4.78 is 5.52. The number of nitrogens with one attached hydrogen (secondary N) is 2. The number of benzene rings is 2. The lowest BCUT2D eigenvalue weighted by Crippen LogP contribution is -2.40. The lowest BCUT2D eigenvalue weighted by Gasteiger charge is -2.27. The van der Waals surface area contributed by atoms with Crippen molar-refractivity contribution in [3.63, 3.8) is 0 Å². The molecule has 8 heteroatoms. The summed E-state index contributed by atoms with van der Waals surface area (Å²) in [5, 5.41) is 3.55. The van der Waals surface area contributed by atoms with Crippen LogP contribution in [-0.2, 0) is 9.59 Å². The Kier molecular flexibility index (Phi) is 5.44. The maximum absolute atomic E-state index is 13.1. The van der Waals surface area contributed by atoms with E-state index < -0.39 is 0 Å². The molecular formula is C21H22N4O3S. The highest BCUT2D eigenvalue weighted by molar-refractivity contribution is 7.99. The number of anilines is 2. The zero-order valence-electron chi connectivity index (χ0n) is 16.3. The molecule has 2 N–H and O–H groups in total. The first kappa shape index (κ1) is 19.3. The second-order valence-corrected chi connectivity index (χ2v) is 7.79. The van der Waals surface area contributed by atoms with E-state index in [9.17, 15) is 9.59 Å². The quantitative estimate of drug-likeness (QED) is 0.625. The van der Waals surface area contributed by atoms with Crippen LogP contribution in [0, 0.1) is 0 Å². The van der Waals surface area contributed by atoms with E-state index >= 15 is 0 Å². The fourth-order valence-corrected chi connectivity index (χ4v) is 4.20. The van der Waals surface area contributed by atoms with Crippen LogP contribution in [0.25, 0.3) is 11.0 Å². The predicted octanol–water partition coefficient (Wildman–Crippen LogP) is 3.82. The molecular weight excluding hydrogens is 388 g/mol. The Balaban J connectivity index is 1.52. The van der Waals surface area contributed by atoms with Crippen LogP contribution < -0.4 is 15.0 Å². The molecule has 0 unspecified atom stereocenters. The third-order valence-electron chi connectivity index (χ3n) is 4.70. The van der Waals surface area contributed by atoms with E-state index in [1.165, 1.54) is 11.8 Å². The molecule has 0 spiro atoms. The molecule has 0 radical (unpaired) electrons. The second-order valence-electron chi connectivity index (χ2n) is 6.82. The van der Waals surface area contributed by atoms with Crippen LogP contribution in [0.2, 0.25) is 0 Å². The monoisotopic (exact) mass is 410 g/mol. The molecule has 0 fully saturated rings. The molecule has 1 aliphatic rings. The molecule has 1 atom stereocenters. The van der Waals surface area contributed by atoms with Gasteiger partial charge < -0.3 is 19.9 Å². The van der Waals surface area contributed by atoms with E-state index in [1.54, 1.807) is 4.90 Å². The van der Waals surface area contributed by atoms with Crippen molar-refractivity contribution in [3.8, 4) is 5.75 Å².